The summed E-state index contributed by atoms with van der Waals surface area (Å²) < 4.78 is 21.8. The Morgan fingerprint density at radius 2 is 1.83 bits per heavy atom. The van der Waals surface area contributed by atoms with Crippen molar-refractivity contribution in [3.05, 3.63) is 40.6 Å². The van der Waals surface area contributed by atoms with Gasteiger partial charge in [-0.05, 0) is 24.6 Å². The number of aromatic hydroxyl groups is 2. The van der Waals surface area contributed by atoms with Crippen molar-refractivity contribution in [3.8, 4) is 40.1 Å². The van der Waals surface area contributed by atoms with E-state index in [9.17, 15) is 19.8 Å². The first-order valence-corrected chi connectivity index (χ1v) is 9.27. The summed E-state index contributed by atoms with van der Waals surface area (Å²) >= 11 is 0. The molecule has 1 heterocycles. The van der Waals surface area contributed by atoms with Crippen LogP contribution < -0.4 is 19.6 Å². The Balaban J connectivity index is 2.15. The average Bonchev–Trinajstić information content (AvgIpc) is 2.72. The van der Waals surface area contributed by atoms with Gasteiger partial charge in [-0.15, -0.1) is 0 Å². The van der Waals surface area contributed by atoms with E-state index in [1.54, 1.807) is 13.0 Å². The lowest BCUT2D eigenvalue weighted by Gasteiger charge is -2.14. The van der Waals surface area contributed by atoms with E-state index in [4.69, 9.17) is 18.6 Å². The van der Waals surface area contributed by atoms with Gasteiger partial charge in [0.15, 0.2) is 17.3 Å². The Morgan fingerprint density at radius 3 is 2.47 bits per heavy atom. The summed E-state index contributed by atoms with van der Waals surface area (Å²) in [6.45, 7) is 3.65. The molecule has 3 rings (SSSR count). The number of hydrogen-bond acceptors (Lipinski definition) is 8. The van der Waals surface area contributed by atoms with Crippen molar-refractivity contribution in [1.29, 1.82) is 0 Å². The van der Waals surface area contributed by atoms with Gasteiger partial charge in [0.2, 0.25) is 11.2 Å². The number of fused-ring (bicyclic) bond motifs is 1. The van der Waals surface area contributed by atoms with E-state index in [2.05, 4.69) is 0 Å². The van der Waals surface area contributed by atoms with Crippen LogP contribution in [-0.4, -0.2) is 30.4 Å². The second-order valence-electron chi connectivity index (χ2n) is 6.73. The zero-order chi connectivity index (χ0) is 22.0. The minimum atomic E-state index is -0.600. The molecule has 1 atom stereocenters. The van der Waals surface area contributed by atoms with E-state index in [1.165, 1.54) is 32.4 Å². The molecule has 0 saturated carbocycles. The molecule has 30 heavy (non-hydrogen) atoms. The summed E-state index contributed by atoms with van der Waals surface area (Å²) in [5.74, 6) is -0.917. The van der Waals surface area contributed by atoms with Crippen LogP contribution in [0.2, 0.25) is 0 Å². The molecule has 2 aromatic carbocycles. The number of phenolic OH excluding ortho intramolecular Hbond substituents is 2. The molecule has 8 nitrogen and oxygen atoms in total. The van der Waals surface area contributed by atoms with Crippen LogP contribution >= 0.6 is 0 Å². The van der Waals surface area contributed by atoms with Crippen molar-refractivity contribution in [2.24, 2.45) is 5.92 Å². The fourth-order valence-electron chi connectivity index (χ4n) is 2.91. The highest BCUT2D eigenvalue weighted by molar-refractivity contribution is 5.88. The van der Waals surface area contributed by atoms with Crippen molar-refractivity contribution >= 4 is 16.9 Å². The average molecular weight is 414 g/mol. The normalized spacial score (nSPS) is 11.9. The van der Waals surface area contributed by atoms with E-state index < -0.39 is 11.2 Å². The molecule has 1 unspecified atom stereocenters. The lowest BCUT2D eigenvalue weighted by atomic mass is 10.1. The van der Waals surface area contributed by atoms with Gasteiger partial charge in [0.05, 0.1) is 20.1 Å². The van der Waals surface area contributed by atoms with Crippen LogP contribution in [0.3, 0.4) is 0 Å². The highest BCUT2D eigenvalue weighted by atomic mass is 16.6. The third-order valence-electron chi connectivity index (χ3n) is 4.77. The summed E-state index contributed by atoms with van der Waals surface area (Å²) in [5.41, 5.74) is -0.203. The smallest absolute Gasteiger partial charge is 0.314 e. The fourth-order valence-corrected chi connectivity index (χ4v) is 2.91. The monoisotopic (exact) mass is 414 g/mol. The fraction of sp³-hybridized carbons (Fsp3) is 0.273. The van der Waals surface area contributed by atoms with Crippen molar-refractivity contribution in [3.63, 3.8) is 0 Å². The minimum absolute atomic E-state index is 0.0143. The van der Waals surface area contributed by atoms with Gasteiger partial charge in [0.1, 0.15) is 22.5 Å². The Labute approximate surface area is 172 Å². The molecule has 0 amide bonds. The summed E-state index contributed by atoms with van der Waals surface area (Å²) in [6.07, 6.45) is 0.637. The van der Waals surface area contributed by atoms with Crippen LogP contribution in [0, 0.1) is 5.92 Å². The third-order valence-corrected chi connectivity index (χ3v) is 4.77. The molecule has 158 valence electrons. The SMILES string of the molecule is CCC(C)C(=O)Oc1ccc(-c2oc3cc(O)cc(O)c3c(=O)c2OC)cc1OC. The summed E-state index contributed by atoms with van der Waals surface area (Å²) in [4.78, 5) is 25.0. The van der Waals surface area contributed by atoms with Gasteiger partial charge in [-0.2, -0.15) is 0 Å². The van der Waals surface area contributed by atoms with Crippen molar-refractivity contribution in [1.82, 2.24) is 0 Å². The van der Waals surface area contributed by atoms with Crippen LogP contribution in [0.1, 0.15) is 20.3 Å². The lowest BCUT2D eigenvalue weighted by molar-refractivity contribution is -0.138. The molecule has 0 radical (unpaired) electrons. The zero-order valence-electron chi connectivity index (χ0n) is 17.0. The van der Waals surface area contributed by atoms with Gasteiger partial charge in [-0.25, -0.2) is 0 Å². The first kappa shape index (κ1) is 21.0. The molecule has 0 fully saturated rings. The van der Waals surface area contributed by atoms with E-state index >= 15 is 0 Å². The molecule has 0 aliphatic rings. The molecule has 0 aliphatic carbocycles. The molecule has 2 N–H and O–H groups in total. The molecular formula is C22H22O8. The molecule has 3 aromatic rings. The van der Waals surface area contributed by atoms with Gasteiger partial charge in [-0.1, -0.05) is 13.8 Å². The van der Waals surface area contributed by atoms with E-state index in [0.717, 1.165) is 6.07 Å². The van der Waals surface area contributed by atoms with Gasteiger partial charge in [0, 0.05) is 17.7 Å². The predicted molar refractivity (Wildman–Crippen MR) is 109 cm³/mol. The number of carbonyl (C=O) groups excluding carboxylic acids is 1. The van der Waals surface area contributed by atoms with Crippen LogP contribution in [0.5, 0.6) is 28.7 Å². The second-order valence-corrected chi connectivity index (χ2v) is 6.73. The van der Waals surface area contributed by atoms with Crippen LogP contribution in [0.15, 0.2) is 39.5 Å². The Bertz CT molecular complexity index is 1160. The van der Waals surface area contributed by atoms with Gasteiger partial charge >= 0.3 is 5.97 Å². The number of phenols is 2. The Kier molecular flexibility index (Phi) is 5.86. The second kappa shape index (κ2) is 8.36. The number of benzene rings is 2. The van der Waals surface area contributed by atoms with Gasteiger partial charge < -0.3 is 28.8 Å². The highest BCUT2D eigenvalue weighted by Crippen LogP contribution is 2.39. The van der Waals surface area contributed by atoms with Crippen molar-refractivity contribution in [2.75, 3.05) is 14.2 Å². The zero-order valence-corrected chi connectivity index (χ0v) is 17.0. The first-order chi connectivity index (χ1) is 14.3. The molecule has 0 bridgehead atoms. The number of ether oxygens (including phenoxy) is 3. The summed E-state index contributed by atoms with van der Waals surface area (Å²) in [7, 11) is 2.72. The molecule has 8 heteroatoms. The summed E-state index contributed by atoms with van der Waals surface area (Å²) in [6, 6.07) is 6.91. The van der Waals surface area contributed by atoms with Crippen molar-refractivity contribution < 1.29 is 33.6 Å². The number of rotatable bonds is 6. The number of hydrogen-bond donors (Lipinski definition) is 2. The van der Waals surface area contributed by atoms with Crippen LogP contribution in [-0.2, 0) is 4.79 Å². The maximum Gasteiger partial charge on any atom is 0.314 e. The standard InChI is InChI=1S/C22H22O8/c1-5-11(2)22(26)30-15-7-6-12(8-16(15)27-3)20-21(28-4)19(25)18-14(24)9-13(23)10-17(18)29-20/h6-11,23-24H,5H2,1-4H3. The van der Waals surface area contributed by atoms with Crippen LogP contribution in [0.4, 0.5) is 0 Å². The van der Waals surface area contributed by atoms with E-state index in [0.29, 0.717) is 12.0 Å². The number of carbonyl (C=O) groups is 1. The lowest BCUT2D eigenvalue weighted by Crippen LogP contribution is -2.17. The Hall–Kier alpha value is -3.68. The molecule has 0 spiro atoms. The minimum Gasteiger partial charge on any atom is -0.508 e. The number of methoxy groups -OCH3 is 2. The number of esters is 1. The Morgan fingerprint density at radius 1 is 1.10 bits per heavy atom. The third kappa shape index (κ3) is 3.76. The first-order valence-electron chi connectivity index (χ1n) is 9.27. The predicted octanol–water partition coefficient (Wildman–Crippen LogP) is 3.84. The molecule has 0 saturated heterocycles. The maximum absolute atomic E-state index is 12.8. The van der Waals surface area contributed by atoms with E-state index in [-0.39, 0.29) is 51.6 Å². The van der Waals surface area contributed by atoms with Gasteiger partial charge in [-0.3, -0.25) is 9.59 Å². The van der Waals surface area contributed by atoms with Gasteiger partial charge in [0.25, 0.3) is 0 Å². The quantitative estimate of drug-likeness (QED) is 0.462. The maximum atomic E-state index is 12.8. The highest BCUT2D eigenvalue weighted by Gasteiger charge is 2.22. The summed E-state index contributed by atoms with van der Waals surface area (Å²) in [5, 5.41) is 19.7. The van der Waals surface area contributed by atoms with Crippen molar-refractivity contribution in [2.45, 2.75) is 20.3 Å². The molecule has 1 aromatic heterocycles. The largest absolute Gasteiger partial charge is 0.508 e. The van der Waals surface area contributed by atoms with E-state index in [1.807, 2.05) is 6.92 Å². The molecule has 0 aliphatic heterocycles. The van der Waals surface area contributed by atoms with Crippen LogP contribution in [0.25, 0.3) is 22.3 Å². The topological polar surface area (TPSA) is 115 Å². The molecular weight excluding hydrogens is 392 g/mol.